The quantitative estimate of drug-likeness (QED) is 0.260. The van der Waals surface area contributed by atoms with E-state index in [0.29, 0.717) is 16.7 Å². The van der Waals surface area contributed by atoms with Crippen LogP contribution in [0.4, 0.5) is 5.69 Å². The Labute approximate surface area is 153 Å². The molecule has 25 heavy (non-hydrogen) atoms. The number of halogens is 1. The molecule has 0 saturated heterocycles. The van der Waals surface area contributed by atoms with Crippen molar-refractivity contribution < 1.29 is 0 Å². The SMILES string of the molecule is C=CCCC(Cc1ccc(Cl)cc1)N/C(=N/c1ccncc1)NC#N. The molecule has 0 amide bonds. The minimum absolute atomic E-state index is 0.0978. The van der Waals surface area contributed by atoms with E-state index < -0.39 is 0 Å². The number of rotatable bonds is 7. The Bertz CT molecular complexity index is 735. The molecule has 6 heteroatoms. The zero-order chi connectivity index (χ0) is 17.9. The topological polar surface area (TPSA) is 73.1 Å². The van der Waals surface area contributed by atoms with Gasteiger partial charge in [-0.1, -0.05) is 29.8 Å². The number of hydrogen-bond donors (Lipinski definition) is 2. The number of hydrogen-bond acceptors (Lipinski definition) is 3. The summed E-state index contributed by atoms with van der Waals surface area (Å²) in [5.74, 6) is 0.414. The summed E-state index contributed by atoms with van der Waals surface area (Å²) in [6, 6.07) is 11.4. The van der Waals surface area contributed by atoms with Crippen molar-refractivity contribution in [2.24, 2.45) is 4.99 Å². The number of nitriles is 1. The molecule has 0 fully saturated rings. The number of allylic oxidation sites excluding steroid dienone is 1. The van der Waals surface area contributed by atoms with Gasteiger partial charge in [0.05, 0.1) is 5.69 Å². The Balaban J connectivity index is 2.14. The van der Waals surface area contributed by atoms with Crippen LogP contribution in [-0.4, -0.2) is 17.0 Å². The molecule has 1 heterocycles. The van der Waals surface area contributed by atoms with Crippen molar-refractivity contribution in [3.05, 3.63) is 72.0 Å². The fourth-order valence-electron chi connectivity index (χ4n) is 2.34. The fourth-order valence-corrected chi connectivity index (χ4v) is 2.47. The van der Waals surface area contributed by atoms with Gasteiger partial charge in [-0.15, -0.1) is 6.58 Å². The summed E-state index contributed by atoms with van der Waals surface area (Å²) in [4.78, 5) is 8.40. The molecule has 0 bridgehead atoms. The van der Waals surface area contributed by atoms with Crippen LogP contribution in [0.5, 0.6) is 0 Å². The van der Waals surface area contributed by atoms with Gasteiger partial charge >= 0.3 is 0 Å². The number of pyridine rings is 1. The molecule has 0 spiro atoms. The van der Waals surface area contributed by atoms with Crippen molar-refractivity contribution in [2.45, 2.75) is 25.3 Å². The van der Waals surface area contributed by atoms with Crippen LogP contribution in [0.25, 0.3) is 0 Å². The third-order valence-corrected chi connectivity index (χ3v) is 3.79. The van der Waals surface area contributed by atoms with Crippen LogP contribution >= 0.6 is 11.6 Å². The molecule has 0 aliphatic carbocycles. The summed E-state index contributed by atoms with van der Waals surface area (Å²) in [5.41, 5.74) is 1.88. The molecule has 5 nitrogen and oxygen atoms in total. The van der Waals surface area contributed by atoms with Crippen molar-refractivity contribution in [3.8, 4) is 6.19 Å². The molecule has 128 valence electrons. The summed E-state index contributed by atoms with van der Waals surface area (Å²) in [7, 11) is 0. The van der Waals surface area contributed by atoms with Crippen LogP contribution in [0, 0.1) is 11.5 Å². The smallest absolute Gasteiger partial charge is 0.210 e. The van der Waals surface area contributed by atoms with E-state index in [1.807, 2.05) is 36.5 Å². The lowest BCUT2D eigenvalue weighted by Gasteiger charge is -2.20. The van der Waals surface area contributed by atoms with Crippen LogP contribution in [-0.2, 0) is 6.42 Å². The average Bonchev–Trinajstić information content (AvgIpc) is 2.62. The van der Waals surface area contributed by atoms with Gasteiger partial charge in [-0.2, -0.15) is 5.26 Å². The van der Waals surface area contributed by atoms with Gasteiger partial charge < -0.3 is 5.32 Å². The van der Waals surface area contributed by atoms with Gasteiger partial charge in [0.25, 0.3) is 0 Å². The molecule has 0 aliphatic heterocycles. The zero-order valence-electron chi connectivity index (χ0n) is 13.8. The lowest BCUT2D eigenvalue weighted by atomic mass is 10.0. The van der Waals surface area contributed by atoms with E-state index >= 15 is 0 Å². The monoisotopic (exact) mass is 353 g/mol. The Morgan fingerprint density at radius 1 is 1.28 bits per heavy atom. The second-order valence-corrected chi connectivity index (χ2v) is 5.88. The predicted octanol–water partition coefficient (Wildman–Crippen LogP) is 3.96. The van der Waals surface area contributed by atoms with Gasteiger partial charge in [-0.25, -0.2) is 4.99 Å². The Morgan fingerprint density at radius 3 is 2.64 bits per heavy atom. The van der Waals surface area contributed by atoms with Crippen LogP contribution in [0.3, 0.4) is 0 Å². The summed E-state index contributed by atoms with van der Waals surface area (Å²) in [5, 5.41) is 15.6. The van der Waals surface area contributed by atoms with E-state index in [1.165, 1.54) is 0 Å². The zero-order valence-corrected chi connectivity index (χ0v) is 14.6. The second-order valence-electron chi connectivity index (χ2n) is 5.44. The van der Waals surface area contributed by atoms with Gasteiger partial charge in [0, 0.05) is 23.5 Å². The maximum atomic E-state index is 9.00. The standard InChI is InChI=1S/C19H20ClN5/c1-2-3-4-18(13-15-5-7-16(20)8-6-15)25-19(23-14-21)24-17-9-11-22-12-10-17/h2,5-12,18H,1,3-4,13H2,(H2,22,23,24,25). The molecule has 0 aliphatic rings. The first-order chi connectivity index (χ1) is 12.2. The van der Waals surface area contributed by atoms with Crippen LogP contribution in [0.15, 0.2) is 66.4 Å². The summed E-state index contributed by atoms with van der Waals surface area (Å²) >= 11 is 5.95. The number of aliphatic imine (C=N–C) groups is 1. The number of guanidine groups is 1. The Morgan fingerprint density at radius 2 is 2.00 bits per heavy atom. The van der Waals surface area contributed by atoms with Crippen molar-refractivity contribution in [3.63, 3.8) is 0 Å². The van der Waals surface area contributed by atoms with E-state index in [9.17, 15) is 0 Å². The van der Waals surface area contributed by atoms with Gasteiger partial charge in [-0.05, 0) is 49.1 Å². The molecule has 2 aromatic rings. The first-order valence-electron chi connectivity index (χ1n) is 7.97. The van der Waals surface area contributed by atoms with E-state index in [0.717, 1.165) is 24.8 Å². The van der Waals surface area contributed by atoms with Crippen molar-refractivity contribution in [1.82, 2.24) is 15.6 Å². The van der Waals surface area contributed by atoms with E-state index in [1.54, 1.807) is 24.5 Å². The highest BCUT2D eigenvalue weighted by molar-refractivity contribution is 6.30. The normalized spacial score (nSPS) is 12.1. The molecule has 2 N–H and O–H groups in total. The van der Waals surface area contributed by atoms with Gasteiger partial charge in [0.2, 0.25) is 5.96 Å². The highest BCUT2D eigenvalue weighted by Gasteiger charge is 2.12. The molecule has 1 aromatic heterocycles. The Kier molecular flexibility index (Phi) is 7.48. The molecule has 0 saturated carbocycles. The molecular weight excluding hydrogens is 334 g/mol. The predicted molar refractivity (Wildman–Crippen MR) is 102 cm³/mol. The fraction of sp³-hybridized carbons (Fsp3) is 0.211. The number of nitrogens with one attached hydrogen (secondary N) is 2. The molecule has 1 unspecified atom stereocenters. The lowest BCUT2D eigenvalue weighted by Crippen LogP contribution is -2.42. The number of aromatic nitrogens is 1. The first kappa shape index (κ1) is 18.5. The molecule has 2 rings (SSSR count). The van der Waals surface area contributed by atoms with E-state index in [4.69, 9.17) is 16.9 Å². The van der Waals surface area contributed by atoms with Crippen LogP contribution in [0.1, 0.15) is 18.4 Å². The molecule has 1 aromatic carbocycles. The maximum absolute atomic E-state index is 9.00. The van der Waals surface area contributed by atoms with E-state index in [2.05, 4.69) is 27.2 Å². The number of benzene rings is 1. The molecule has 1 atom stereocenters. The summed E-state index contributed by atoms with van der Waals surface area (Å²) < 4.78 is 0. The minimum Gasteiger partial charge on any atom is -0.352 e. The average molecular weight is 354 g/mol. The van der Waals surface area contributed by atoms with E-state index in [-0.39, 0.29) is 6.04 Å². The van der Waals surface area contributed by atoms with Gasteiger partial charge in [-0.3, -0.25) is 10.3 Å². The number of nitrogens with zero attached hydrogens (tertiary/aromatic N) is 3. The molecular formula is C19H20ClN5. The van der Waals surface area contributed by atoms with Crippen molar-refractivity contribution in [2.75, 3.05) is 0 Å². The third-order valence-electron chi connectivity index (χ3n) is 3.53. The second kappa shape index (κ2) is 10.1. The summed E-state index contributed by atoms with van der Waals surface area (Å²) in [6.07, 6.45) is 9.64. The van der Waals surface area contributed by atoms with Crippen LogP contribution < -0.4 is 10.6 Å². The van der Waals surface area contributed by atoms with Gasteiger partial charge in [0.1, 0.15) is 0 Å². The minimum atomic E-state index is 0.0978. The highest BCUT2D eigenvalue weighted by atomic mass is 35.5. The maximum Gasteiger partial charge on any atom is 0.210 e. The van der Waals surface area contributed by atoms with Gasteiger partial charge in [0.15, 0.2) is 6.19 Å². The van der Waals surface area contributed by atoms with Crippen molar-refractivity contribution in [1.29, 1.82) is 5.26 Å². The Hall–Kier alpha value is -2.84. The highest BCUT2D eigenvalue weighted by Crippen LogP contribution is 2.14. The summed E-state index contributed by atoms with van der Waals surface area (Å²) in [6.45, 7) is 3.78. The third kappa shape index (κ3) is 6.66. The molecule has 0 radical (unpaired) electrons. The first-order valence-corrected chi connectivity index (χ1v) is 8.34. The lowest BCUT2D eigenvalue weighted by molar-refractivity contribution is 0.557. The largest absolute Gasteiger partial charge is 0.352 e. The van der Waals surface area contributed by atoms with Crippen molar-refractivity contribution >= 4 is 23.2 Å². The van der Waals surface area contributed by atoms with Crippen LogP contribution in [0.2, 0.25) is 5.02 Å².